The molecule has 1 saturated carbocycles. The SMILES string of the molecule is CC1(CC(=O)O)C(O[N+](=O)[O-])CCC1c1ccc([N+](=O)[O-])cc1. The Morgan fingerprint density at radius 3 is 2.39 bits per heavy atom. The van der Waals surface area contributed by atoms with E-state index in [1.54, 1.807) is 19.1 Å². The summed E-state index contributed by atoms with van der Waals surface area (Å²) in [6, 6.07) is 5.82. The average molecular weight is 324 g/mol. The molecule has 9 heteroatoms. The molecule has 2 rings (SSSR count). The van der Waals surface area contributed by atoms with Gasteiger partial charge in [-0.1, -0.05) is 19.1 Å². The first kappa shape index (κ1) is 16.7. The lowest BCUT2D eigenvalue weighted by atomic mass is 9.72. The Morgan fingerprint density at radius 2 is 1.91 bits per heavy atom. The fourth-order valence-corrected chi connectivity index (χ4v) is 3.42. The van der Waals surface area contributed by atoms with Gasteiger partial charge in [-0.25, -0.2) is 0 Å². The second-order valence-electron chi connectivity index (χ2n) is 5.87. The van der Waals surface area contributed by atoms with Crippen LogP contribution < -0.4 is 0 Å². The monoisotopic (exact) mass is 324 g/mol. The third kappa shape index (κ3) is 3.38. The first-order valence-electron chi connectivity index (χ1n) is 7.01. The van der Waals surface area contributed by atoms with Crippen molar-refractivity contribution < 1.29 is 24.7 Å². The number of benzene rings is 1. The maximum Gasteiger partial charge on any atom is 0.303 e. The van der Waals surface area contributed by atoms with Crippen LogP contribution in [0.1, 0.15) is 37.7 Å². The molecule has 1 N–H and O–H groups in total. The maximum absolute atomic E-state index is 11.2. The maximum atomic E-state index is 11.2. The van der Waals surface area contributed by atoms with Crippen LogP contribution in [0.25, 0.3) is 0 Å². The topological polar surface area (TPSA) is 133 Å². The van der Waals surface area contributed by atoms with Gasteiger partial charge in [0, 0.05) is 17.5 Å². The van der Waals surface area contributed by atoms with E-state index < -0.39 is 27.5 Å². The van der Waals surface area contributed by atoms with Crippen LogP contribution in [0.4, 0.5) is 5.69 Å². The number of nitrogens with zero attached hydrogens (tertiary/aromatic N) is 2. The van der Waals surface area contributed by atoms with E-state index in [9.17, 15) is 25.0 Å². The first-order chi connectivity index (χ1) is 10.7. The predicted octanol–water partition coefficient (Wildman–Crippen LogP) is 2.53. The third-order valence-corrected chi connectivity index (χ3v) is 4.50. The van der Waals surface area contributed by atoms with Gasteiger partial charge < -0.3 is 9.94 Å². The fraction of sp³-hybridized carbons (Fsp3) is 0.500. The van der Waals surface area contributed by atoms with Crippen molar-refractivity contribution in [2.75, 3.05) is 0 Å². The Morgan fingerprint density at radius 1 is 1.30 bits per heavy atom. The summed E-state index contributed by atoms with van der Waals surface area (Å²) in [5.41, 5.74) is -0.312. The predicted molar refractivity (Wildman–Crippen MR) is 77.3 cm³/mol. The van der Waals surface area contributed by atoms with Crippen molar-refractivity contribution in [3.8, 4) is 0 Å². The number of hydrogen-bond donors (Lipinski definition) is 1. The number of nitro groups is 1. The molecule has 0 spiro atoms. The highest BCUT2D eigenvalue weighted by Gasteiger charge is 2.50. The highest BCUT2D eigenvalue weighted by atomic mass is 17.0. The molecule has 1 fully saturated rings. The highest BCUT2D eigenvalue weighted by molar-refractivity contribution is 5.68. The number of carboxylic acids is 1. The Hall–Kier alpha value is -2.71. The molecule has 1 aromatic rings. The van der Waals surface area contributed by atoms with Gasteiger partial charge >= 0.3 is 5.97 Å². The number of rotatable bonds is 6. The molecule has 0 saturated heterocycles. The lowest BCUT2D eigenvalue weighted by Gasteiger charge is -2.34. The Balaban J connectivity index is 2.33. The van der Waals surface area contributed by atoms with Crippen molar-refractivity contribution in [2.24, 2.45) is 5.41 Å². The second kappa shape index (κ2) is 6.19. The van der Waals surface area contributed by atoms with E-state index in [0.717, 1.165) is 0 Å². The van der Waals surface area contributed by atoms with Gasteiger partial charge in [0.2, 0.25) is 0 Å². The Labute approximate surface area is 131 Å². The van der Waals surface area contributed by atoms with Crippen LogP contribution in [0.2, 0.25) is 0 Å². The molecule has 0 bridgehead atoms. The molecule has 0 amide bonds. The number of aliphatic carboxylic acids is 1. The molecule has 9 nitrogen and oxygen atoms in total. The molecular weight excluding hydrogens is 308 g/mol. The van der Waals surface area contributed by atoms with Crippen LogP contribution >= 0.6 is 0 Å². The van der Waals surface area contributed by atoms with Gasteiger partial charge in [0.05, 0.1) is 11.3 Å². The van der Waals surface area contributed by atoms with Crippen LogP contribution in [0.5, 0.6) is 0 Å². The van der Waals surface area contributed by atoms with Gasteiger partial charge in [0.1, 0.15) is 6.10 Å². The molecule has 0 heterocycles. The molecule has 1 aromatic carbocycles. The van der Waals surface area contributed by atoms with Crippen LogP contribution in [0.3, 0.4) is 0 Å². The summed E-state index contributed by atoms with van der Waals surface area (Å²) < 4.78 is 0. The molecular formula is C14H16N2O7. The summed E-state index contributed by atoms with van der Waals surface area (Å²) in [5, 5.41) is 29.6. The van der Waals surface area contributed by atoms with Crippen LogP contribution in [0, 0.1) is 25.6 Å². The zero-order valence-corrected chi connectivity index (χ0v) is 12.4. The van der Waals surface area contributed by atoms with Crippen molar-refractivity contribution in [1.29, 1.82) is 0 Å². The van der Waals surface area contributed by atoms with Gasteiger partial charge in [0.25, 0.3) is 10.8 Å². The summed E-state index contributed by atoms with van der Waals surface area (Å²) in [6.45, 7) is 1.65. The molecule has 1 aliphatic rings. The summed E-state index contributed by atoms with van der Waals surface area (Å²) in [6.07, 6.45) is -0.242. The molecule has 3 unspecified atom stereocenters. The van der Waals surface area contributed by atoms with E-state index in [0.29, 0.717) is 18.4 Å². The third-order valence-electron chi connectivity index (χ3n) is 4.50. The Bertz CT molecular complexity index is 631. The van der Waals surface area contributed by atoms with Crippen molar-refractivity contribution >= 4 is 11.7 Å². The van der Waals surface area contributed by atoms with Crippen molar-refractivity contribution in [3.63, 3.8) is 0 Å². The number of non-ortho nitro benzene ring substituents is 1. The zero-order valence-electron chi connectivity index (χ0n) is 12.4. The van der Waals surface area contributed by atoms with E-state index in [2.05, 4.69) is 0 Å². The number of nitro benzene ring substituents is 1. The van der Waals surface area contributed by atoms with Crippen LogP contribution in [-0.2, 0) is 9.63 Å². The molecule has 0 aliphatic heterocycles. The number of carbonyl (C=O) groups is 1. The van der Waals surface area contributed by atoms with Crippen LogP contribution in [0.15, 0.2) is 24.3 Å². The summed E-state index contributed by atoms with van der Waals surface area (Å²) in [7, 11) is 0. The van der Waals surface area contributed by atoms with Gasteiger partial charge in [-0.2, -0.15) is 0 Å². The molecule has 3 atom stereocenters. The first-order valence-corrected chi connectivity index (χ1v) is 7.01. The van der Waals surface area contributed by atoms with E-state index >= 15 is 0 Å². The van der Waals surface area contributed by atoms with E-state index in [4.69, 9.17) is 9.94 Å². The lowest BCUT2D eigenvalue weighted by Crippen LogP contribution is -2.37. The normalized spacial score (nSPS) is 26.7. The molecule has 1 aliphatic carbocycles. The largest absolute Gasteiger partial charge is 0.481 e. The van der Waals surface area contributed by atoms with Crippen LogP contribution in [-0.4, -0.2) is 27.2 Å². The van der Waals surface area contributed by atoms with Crippen molar-refractivity contribution in [3.05, 3.63) is 50.1 Å². The van der Waals surface area contributed by atoms with Gasteiger partial charge in [-0.15, -0.1) is 10.1 Å². The van der Waals surface area contributed by atoms with E-state index in [1.165, 1.54) is 12.1 Å². The van der Waals surface area contributed by atoms with E-state index in [1.807, 2.05) is 0 Å². The molecule has 23 heavy (non-hydrogen) atoms. The summed E-state index contributed by atoms with van der Waals surface area (Å²) in [5.74, 6) is -1.36. The molecule has 124 valence electrons. The smallest absolute Gasteiger partial charge is 0.303 e. The number of carboxylic acid groups (broad SMARTS) is 1. The van der Waals surface area contributed by atoms with E-state index in [-0.39, 0.29) is 18.0 Å². The minimum atomic E-state index is -1.07. The minimum absolute atomic E-state index is 0.0650. The van der Waals surface area contributed by atoms with Gasteiger partial charge in [-0.05, 0) is 24.3 Å². The average Bonchev–Trinajstić information content (AvgIpc) is 2.74. The second-order valence-corrected chi connectivity index (χ2v) is 5.87. The van der Waals surface area contributed by atoms with Gasteiger partial charge in [-0.3, -0.25) is 14.9 Å². The minimum Gasteiger partial charge on any atom is -0.481 e. The molecule has 0 aromatic heterocycles. The molecule has 0 radical (unpaired) electrons. The van der Waals surface area contributed by atoms with Crippen molar-refractivity contribution in [2.45, 2.75) is 38.2 Å². The quantitative estimate of drug-likeness (QED) is 0.627. The number of hydrogen-bond acceptors (Lipinski definition) is 6. The standard InChI is InChI=1S/C14H16N2O7/c1-14(8-13(17)18)11(6-7-12(14)23-16(21)22)9-2-4-10(5-3-9)15(19)20/h2-5,11-12H,6-8H2,1H3,(H,17,18). The van der Waals surface area contributed by atoms with Gasteiger partial charge in [0.15, 0.2) is 0 Å². The fourth-order valence-electron chi connectivity index (χ4n) is 3.42. The van der Waals surface area contributed by atoms with Crippen molar-refractivity contribution in [1.82, 2.24) is 0 Å². The lowest BCUT2D eigenvalue weighted by molar-refractivity contribution is -0.771. The Kier molecular flexibility index (Phi) is 4.48. The highest BCUT2D eigenvalue weighted by Crippen LogP contribution is 2.52. The zero-order chi connectivity index (χ0) is 17.2. The summed E-state index contributed by atoms with van der Waals surface area (Å²) >= 11 is 0. The summed E-state index contributed by atoms with van der Waals surface area (Å²) in [4.78, 5) is 36.7.